The van der Waals surface area contributed by atoms with Crippen molar-refractivity contribution in [2.75, 3.05) is 29.9 Å². The molecule has 11 heteroatoms. The Balaban J connectivity index is 1.34. The van der Waals surface area contributed by atoms with Gasteiger partial charge in [-0.2, -0.15) is 4.98 Å². The van der Waals surface area contributed by atoms with Crippen molar-refractivity contribution in [3.63, 3.8) is 0 Å². The zero-order valence-electron chi connectivity index (χ0n) is 19.9. The molecule has 194 valence electrons. The van der Waals surface area contributed by atoms with Gasteiger partial charge in [-0.25, -0.2) is 18.2 Å². The lowest BCUT2D eigenvalue weighted by molar-refractivity contribution is 0.0930. The highest BCUT2D eigenvalue weighted by Gasteiger charge is 2.30. The standard InChI is InChI=1S/C26H26ClF3N6O/c27-19-14-32-26(34-17-5-1-4-15(10-17)25(37)33-18-6-2-8-31-13-18)35-24(19)36-9-3-7-22(36)16-11-20(28)23(30)21(29)12-16/h1,4-5,10-12,14,18,22,31H,2-3,6-9,13H2,(H,33,37)(H,32,34,35). The number of nitrogens with zero attached hydrogens (tertiary/aromatic N) is 3. The van der Waals surface area contributed by atoms with Crippen LogP contribution in [0.3, 0.4) is 0 Å². The van der Waals surface area contributed by atoms with E-state index in [-0.39, 0.29) is 22.9 Å². The number of aromatic nitrogens is 2. The second-order valence-corrected chi connectivity index (χ2v) is 9.64. The molecule has 1 aromatic heterocycles. The van der Waals surface area contributed by atoms with E-state index in [2.05, 4.69) is 25.9 Å². The molecule has 2 aromatic carbocycles. The van der Waals surface area contributed by atoms with Gasteiger partial charge in [-0.05, 0) is 68.1 Å². The fraction of sp³-hybridized carbons (Fsp3) is 0.346. The first kappa shape index (κ1) is 25.3. The average Bonchev–Trinajstić information content (AvgIpc) is 3.39. The van der Waals surface area contributed by atoms with Crippen LogP contribution in [-0.4, -0.2) is 41.6 Å². The molecule has 0 saturated carbocycles. The van der Waals surface area contributed by atoms with Crippen molar-refractivity contribution in [1.29, 1.82) is 0 Å². The smallest absolute Gasteiger partial charge is 0.251 e. The highest BCUT2D eigenvalue weighted by molar-refractivity contribution is 6.32. The van der Waals surface area contributed by atoms with E-state index in [0.29, 0.717) is 35.6 Å². The van der Waals surface area contributed by atoms with E-state index in [4.69, 9.17) is 11.6 Å². The number of piperidine rings is 1. The quantitative estimate of drug-likeness (QED) is 0.384. The summed E-state index contributed by atoms with van der Waals surface area (Å²) in [6.07, 6.45) is 4.74. The van der Waals surface area contributed by atoms with Crippen LogP contribution in [0.4, 0.5) is 30.6 Å². The minimum Gasteiger partial charge on any atom is -0.348 e. The molecule has 2 saturated heterocycles. The number of rotatable bonds is 6. The van der Waals surface area contributed by atoms with Gasteiger partial charge in [-0.3, -0.25) is 4.79 Å². The topological polar surface area (TPSA) is 82.2 Å². The summed E-state index contributed by atoms with van der Waals surface area (Å²) in [5.74, 6) is -3.48. The molecule has 5 rings (SSSR count). The van der Waals surface area contributed by atoms with Crippen molar-refractivity contribution in [3.05, 3.63) is 76.2 Å². The summed E-state index contributed by atoms with van der Waals surface area (Å²) in [5, 5.41) is 9.71. The highest BCUT2D eigenvalue weighted by Crippen LogP contribution is 2.39. The van der Waals surface area contributed by atoms with Crippen LogP contribution >= 0.6 is 11.6 Å². The van der Waals surface area contributed by atoms with E-state index >= 15 is 0 Å². The maximum Gasteiger partial charge on any atom is 0.251 e. The van der Waals surface area contributed by atoms with Gasteiger partial charge in [0.05, 0.1) is 12.2 Å². The maximum atomic E-state index is 13.9. The van der Waals surface area contributed by atoms with Gasteiger partial charge in [0.2, 0.25) is 5.95 Å². The normalized spacial score (nSPS) is 19.6. The Hall–Kier alpha value is -3.37. The fourth-order valence-corrected chi connectivity index (χ4v) is 5.06. The number of hydrogen-bond donors (Lipinski definition) is 3. The maximum absolute atomic E-state index is 13.9. The summed E-state index contributed by atoms with van der Waals surface area (Å²) >= 11 is 6.42. The first-order valence-corrected chi connectivity index (χ1v) is 12.6. The van der Waals surface area contributed by atoms with E-state index < -0.39 is 23.5 Å². The van der Waals surface area contributed by atoms with Crippen molar-refractivity contribution in [3.8, 4) is 0 Å². The molecule has 1 amide bonds. The van der Waals surface area contributed by atoms with E-state index in [1.165, 1.54) is 6.20 Å². The van der Waals surface area contributed by atoms with Crippen LogP contribution in [-0.2, 0) is 0 Å². The molecule has 7 nitrogen and oxygen atoms in total. The Bertz CT molecular complexity index is 1280. The number of nitrogens with one attached hydrogen (secondary N) is 3. The van der Waals surface area contributed by atoms with Gasteiger partial charge >= 0.3 is 0 Å². The molecule has 0 bridgehead atoms. The van der Waals surface area contributed by atoms with Gasteiger partial charge in [0, 0.05) is 30.4 Å². The number of halogens is 4. The molecular weight excluding hydrogens is 505 g/mol. The molecule has 37 heavy (non-hydrogen) atoms. The summed E-state index contributed by atoms with van der Waals surface area (Å²) in [7, 11) is 0. The Kier molecular flexibility index (Phi) is 7.48. The number of hydrogen-bond acceptors (Lipinski definition) is 6. The van der Waals surface area contributed by atoms with E-state index in [1.807, 2.05) is 4.90 Å². The van der Waals surface area contributed by atoms with E-state index in [9.17, 15) is 18.0 Å². The van der Waals surface area contributed by atoms with Gasteiger partial charge in [0.25, 0.3) is 5.91 Å². The van der Waals surface area contributed by atoms with Crippen LogP contribution < -0.4 is 20.9 Å². The van der Waals surface area contributed by atoms with Crippen molar-refractivity contribution < 1.29 is 18.0 Å². The SMILES string of the molecule is O=C(NC1CCCNC1)c1cccc(Nc2ncc(Cl)c(N3CCCC3c3cc(F)c(F)c(F)c3)n2)c1. The van der Waals surface area contributed by atoms with Crippen LogP contribution in [0.5, 0.6) is 0 Å². The van der Waals surface area contributed by atoms with Crippen molar-refractivity contribution in [2.24, 2.45) is 0 Å². The number of benzene rings is 2. The second kappa shape index (κ2) is 10.9. The third-order valence-electron chi connectivity index (χ3n) is 6.65. The lowest BCUT2D eigenvalue weighted by Crippen LogP contribution is -2.45. The summed E-state index contributed by atoms with van der Waals surface area (Å²) in [6.45, 7) is 2.26. The molecule has 0 radical (unpaired) electrons. The molecule has 2 aliphatic heterocycles. The van der Waals surface area contributed by atoms with Gasteiger partial charge < -0.3 is 20.9 Å². The predicted molar refractivity (Wildman–Crippen MR) is 136 cm³/mol. The van der Waals surface area contributed by atoms with Gasteiger partial charge in [0.15, 0.2) is 23.3 Å². The van der Waals surface area contributed by atoms with Crippen LogP contribution in [0.15, 0.2) is 42.6 Å². The van der Waals surface area contributed by atoms with E-state index in [0.717, 1.165) is 44.5 Å². The molecule has 2 atom stereocenters. The summed E-state index contributed by atoms with van der Waals surface area (Å²) in [4.78, 5) is 23.4. The Morgan fingerprint density at radius 3 is 2.68 bits per heavy atom. The van der Waals surface area contributed by atoms with Crippen molar-refractivity contribution >= 4 is 35.0 Å². The molecular formula is C26H26ClF3N6O. The second-order valence-electron chi connectivity index (χ2n) is 9.24. The third kappa shape index (κ3) is 5.65. The Morgan fingerprint density at radius 1 is 1.11 bits per heavy atom. The number of carbonyl (C=O) groups excluding carboxylic acids is 1. The molecule has 0 aliphatic carbocycles. The van der Waals surface area contributed by atoms with Crippen LogP contribution in [0.2, 0.25) is 5.02 Å². The molecule has 3 aromatic rings. The van der Waals surface area contributed by atoms with Crippen LogP contribution in [0.25, 0.3) is 0 Å². The first-order chi connectivity index (χ1) is 17.9. The minimum absolute atomic E-state index is 0.0940. The molecule has 0 spiro atoms. The first-order valence-electron chi connectivity index (χ1n) is 12.2. The number of amides is 1. The molecule has 3 heterocycles. The van der Waals surface area contributed by atoms with Crippen molar-refractivity contribution in [2.45, 2.75) is 37.8 Å². The average molecular weight is 531 g/mol. The predicted octanol–water partition coefficient (Wildman–Crippen LogP) is 5.11. The number of carbonyl (C=O) groups is 1. The van der Waals surface area contributed by atoms with Crippen LogP contribution in [0.1, 0.15) is 47.6 Å². The summed E-state index contributed by atoms with van der Waals surface area (Å²) < 4.78 is 41.3. The monoisotopic (exact) mass is 530 g/mol. The highest BCUT2D eigenvalue weighted by atomic mass is 35.5. The molecule has 2 unspecified atom stereocenters. The lowest BCUT2D eigenvalue weighted by Gasteiger charge is -2.27. The third-order valence-corrected chi connectivity index (χ3v) is 6.92. The van der Waals surface area contributed by atoms with Gasteiger partial charge in [-0.1, -0.05) is 17.7 Å². The van der Waals surface area contributed by atoms with Crippen LogP contribution in [0, 0.1) is 17.5 Å². The molecule has 2 aliphatic rings. The Morgan fingerprint density at radius 2 is 1.92 bits per heavy atom. The molecule has 2 fully saturated rings. The zero-order chi connectivity index (χ0) is 25.9. The largest absolute Gasteiger partial charge is 0.348 e. The summed E-state index contributed by atoms with van der Waals surface area (Å²) in [5.41, 5.74) is 1.43. The van der Waals surface area contributed by atoms with E-state index in [1.54, 1.807) is 24.3 Å². The zero-order valence-corrected chi connectivity index (χ0v) is 20.7. The van der Waals surface area contributed by atoms with Crippen molar-refractivity contribution in [1.82, 2.24) is 20.6 Å². The summed E-state index contributed by atoms with van der Waals surface area (Å²) in [6, 6.07) is 8.70. The minimum atomic E-state index is -1.49. The van der Waals surface area contributed by atoms with Gasteiger partial charge in [-0.15, -0.1) is 0 Å². The number of anilines is 3. The fourth-order valence-electron chi connectivity index (χ4n) is 4.87. The Labute approximate surface area is 217 Å². The van der Waals surface area contributed by atoms with Gasteiger partial charge in [0.1, 0.15) is 5.02 Å². The molecule has 3 N–H and O–H groups in total. The lowest BCUT2D eigenvalue weighted by atomic mass is 10.0.